The molecule has 2 nitrogen and oxygen atoms in total. The molecule has 14 heavy (non-hydrogen) atoms. The lowest BCUT2D eigenvalue weighted by molar-refractivity contribution is 0.301. The number of fused-ring (bicyclic) bond motifs is 1. The van der Waals surface area contributed by atoms with Crippen molar-refractivity contribution in [3.63, 3.8) is 0 Å². The van der Waals surface area contributed by atoms with E-state index in [-0.39, 0.29) is 6.54 Å². The Labute approximate surface area is 81.5 Å². The van der Waals surface area contributed by atoms with Gasteiger partial charge in [0.05, 0.1) is 0 Å². The van der Waals surface area contributed by atoms with E-state index >= 15 is 0 Å². The molecule has 3 heteroatoms. The van der Waals surface area contributed by atoms with Crippen molar-refractivity contribution >= 4 is 11.0 Å². The van der Waals surface area contributed by atoms with Crippen LogP contribution >= 0.6 is 0 Å². The molecule has 0 saturated carbocycles. The lowest BCUT2D eigenvalue weighted by Crippen LogP contribution is -2.06. The van der Waals surface area contributed by atoms with Gasteiger partial charge in [0.2, 0.25) is 0 Å². The molecule has 0 amide bonds. The standard InChI is InChI=1S/C11H12FNO/c1-7-2-3-10-8(4-7)5-11(14-10)9(12)6-13/h2-5,9H,6,13H2,1H3. The molecule has 1 aromatic carbocycles. The van der Waals surface area contributed by atoms with Crippen LogP contribution in [0.15, 0.2) is 28.7 Å². The summed E-state index contributed by atoms with van der Waals surface area (Å²) in [5.74, 6) is 0.313. The van der Waals surface area contributed by atoms with Gasteiger partial charge in [-0.1, -0.05) is 11.6 Å². The lowest BCUT2D eigenvalue weighted by atomic mass is 10.2. The van der Waals surface area contributed by atoms with Crippen molar-refractivity contribution in [2.24, 2.45) is 5.73 Å². The fourth-order valence-corrected chi connectivity index (χ4v) is 1.45. The van der Waals surface area contributed by atoms with Gasteiger partial charge >= 0.3 is 0 Å². The molecule has 2 aromatic rings. The fraction of sp³-hybridized carbons (Fsp3) is 0.273. The summed E-state index contributed by atoms with van der Waals surface area (Å²) in [4.78, 5) is 0. The average molecular weight is 193 g/mol. The normalized spacial score (nSPS) is 13.4. The molecule has 2 N–H and O–H groups in total. The molecule has 74 valence electrons. The molecule has 1 heterocycles. The van der Waals surface area contributed by atoms with E-state index < -0.39 is 6.17 Å². The molecule has 0 spiro atoms. The Morgan fingerprint density at radius 2 is 2.21 bits per heavy atom. The molecule has 0 aliphatic carbocycles. The van der Waals surface area contributed by atoms with Gasteiger partial charge in [0.25, 0.3) is 0 Å². The minimum Gasteiger partial charge on any atom is -0.458 e. The lowest BCUT2D eigenvalue weighted by Gasteiger charge is -1.97. The second-order valence-corrected chi connectivity index (χ2v) is 3.39. The summed E-state index contributed by atoms with van der Waals surface area (Å²) in [6.07, 6.45) is -1.21. The van der Waals surface area contributed by atoms with Crippen LogP contribution in [0.5, 0.6) is 0 Å². The van der Waals surface area contributed by atoms with Crippen LogP contribution in [0.1, 0.15) is 17.5 Å². The van der Waals surface area contributed by atoms with Crippen molar-refractivity contribution in [2.75, 3.05) is 6.54 Å². The molecule has 2 rings (SSSR count). The number of aryl methyl sites for hydroxylation is 1. The Bertz CT molecular complexity index is 449. The highest BCUT2D eigenvalue weighted by Crippen LogP contribution is 2.26. The third-order valence-corrected chi connectivity index (χ3v) is 2.21. The fourth-order valence-electron chi connectivity index (χ4n) is 1.45. The largest absolute Gasteiger partial charge is 0.458 e. The minimum atomic E-state index is -1.21. The van der Waals surface area contributed by atoms with E-state index in [1.54, 1.807) is 6.07 Å². The first-order chi connectivity index (χ1) is 6.70. The van der Waals surface area contributed by atoms with E-state index in [2.05, 4.69) is 0 Å². The third-order valence-electron chi connectivity index (χ3n) is 2.21. The summed E-state index contributed by atoms with van der Waals surface area (Å²) in [6.45, 7) is 1.95. The zero-order valence-corrected chi connectivity index (χ0v) is 7.96. The predicted molar refractivity (Wildman–Crippen MR) is 53.9 cm³/mol. The van der Waals surface area contributed by atoms with Crippen molar-refractivity contribution in [2.45, 2.75) is 13.1 Å². The highest BCUT2D eigenvalue weighted by molar-refractivity contribution is 5.78. The van der Waals surface area contributed by atoms with E-state index in [4.69, 9.17) is 10.2 Å². The highest BCUT2D eigenvalue weighted by Gasteiger charge is 2.12. The van der Waals surface area contributed by atoms with Gasteiger partial charge in [0, 0.05) is 11.9 Å². The van der Waals surface area contributed by atoms with Gasteiger partial charge < -0.3 is 10.2 Å². The molecule has 0 saturated heterocycles. The van der Waals surface area contributed by atoms with Gasteiger partial charge in [0.15, 0.2) is 6.17 Å². The zero-order chi connectivity index (χ0) is 10.1. The van der Waals surface area contributed by atoms with Crippen LogP contribution in [0.25, 0.3) is 11.0 Å². The number of alkyl halides is 1. The molecule has 1 atom stereocenters. The topological polar surface area (TPSA) is 39.2 Å². The summed E-state index contributed by atoms with van der Waals surface area (Å²) in [7, 11) is 0. The molecule has 1 unspecified atom stereocenters. The molecule has 0 fully saturated rings. The maximum Gasteiger partial charge on any atom is 0.170 e. The highest BCUT2D eigenvalue weighted by atomic mass is 19.1. The minimum absolute atomic E-state index is 0.0429. The van der Waals surface area contributed by atoms with E-state index in [0.29, 0.717) is 11.3 Å². The first kappa shape index (κ1) is 9.21. The number of nitrogens with two attached hydrogens (primary N) is 1. The summed E-state index contributed by atoms with van der Waals surface area (Å²) >= 11 is 0. The summed E-state index contributed by atoms with van der Waals surface area (Å²) < 4.78 is 18.5. The van der Waals surface area contributed by atoms with E-state index in [0.717, 1.165) is 10.9 Å². The molecular weight excluding hydrogens is 181 g/mol. The van der Waals surface area contributed by atoms with E-state index in [1.807, 2.05) is 25.1 Å². The van der Waals surface area contributed by atoms with E-state index in [9.17, 15) is 4.39 Å². The Hall–Kier alpha value is -1.35. The Morgan fingerprint density at radius 1 is 1.43 bits per heavy atom. The van der Waals surface area contributed by atoms with Gasteiger partial charge in [0.1, 0.15) is 11.3 Å². The SMILES string of the molecule is Cc1ccc2oc(C(F)CN)cc2c1. The van der Waals surface area contributed by atoms with Crippen LogP contribution in [0.4, 0.5) is 4.39 Å². The van der Waals surface area contributed by atoms with Gasteiger partial charge in [-0.2, -0.15) is 0 Å². The number of rotatable bonds is 2. The quantitative estimate of drug-likeness (QED) is 0.796. The Morgan fingerprint density at radius 3 is 2.93 bits per heavy atom. The van der Waals surface area contributed by atoms with Crippen molar-refractivity contribution in [1.29, 1.82) is 0 Å². The number of benzene rings is 1. The first-order valence-corrected chi connectivity index (χ1v) is 4.55. The summed E-state index contributed by atoms with van der Waals surface area (Å²) in [5, 5.41) is 0.927. The summed E-state index contributed by atoms with van der Waals surface area (Å²) in [6, 6.07) is 7.45. The third kappa shape index (κ3) is 1.51. The molecule has 0 aliphatic heterocycles. The molecular formula is C11H12FNO. The van der Waals surface area contributed by atoms with Crippen LogP contribution in [-0.4, -0.2) is 6.54 Å². The van der Waals surface area contributed by atoms with Gasteiger partial charge in [-0.15, -0.1) is 0 Å². The molecule has 1 aromatic heterocycles. The van der Waals surface area contributed by atoms with Crippen LogP contribution < -0.4 is 5.73 Å². The smallest absolute Gasteiger partial charge is 0.170 e. The maximum absolute atomic E-state index is 13.2. The predicted octanol–water partition coefficient (Wildman–Crippen LogP) is 2.71. The van der Waals surface area contributed by atoms with Crippen LogP contribution in [0.3, 0.4) is 0 Å². The van der Waals surface area contributed by atoms with Crippen molar-refractivity contribution < 1.29 is 8.81 Å². The van der Waals surface area contributed by atoms with E-state index in [1.165, 1.54) is 0 Å². The Kier molecular flexibility index (Phi) is 2.25. The maximum atomic E-state index is 13.2. The number of furan rings is 1. The van der Waals surface area contributed by atoms with Crippen LogP contribution in [0.2, 0.25) is 0 Å². The van der Waals surface area contributed by atoms with Crippen molar-refractivity contribution in [3.05, 3.63) is 35.6 Å². The zero-order valence-electron chi connectivity index (χ0n) is 7.96. The molecule has 0 aliphatic rings. The van der Waals surface area contributed by atoms with Crippen LogP contribution in [0, 0.1) is 6.92 Å². The van der Waals surface area contributed by atoms with Gasteiger partial charge in [-0.25, -0.2) is 4.39 Å². The van der Waals surface area contributed by atoms with Crippen LogP contribution in [-0.2, 0) is 0 Å². The number of hydrogen-bond acceptors (Lipinski definition) is 2. The Balaban J connectivity index is 2.51. The second kappa shape index (κ2) is 3.42. The van der Waals surface area contributed by atoms with Crippen molar-refractivity contribution in [1.82, 2.24) is 0 Å². The van der Waals surface area contributed by atoms with Gasteiger partial charge in [-0.3, -0.25) is 0 Å². The first-order valence-electron chi connectivity index (χ1n) is 4.55. The average Bonchev–Trinajstić information content (AvgIpc) is 2.59. The second-order valence-electron chi connectivity index (χ2n) is 3.39. The summed E-state index contributed by atoms with van der Waals surface area (Å²) in [5.41, 5.74) is 7.06. The van der Waals surface area contributed by atoms with Crippen molar-refractivity contribution in [3.8, 4) is 0 Å². The number of halogens is 1. The number of hydrogen-bond donors (Lipinski definition) is 1. The molecule has 0 bridgehead atoms. The molecule has 0 radical (unpaired) electrons. The van der Waals surface area contributed by atoms with Gasteiger partial charge in [-0.05, 0) is 25.1 Å². The monoisotopic (exact) mass is 193 g/mol.